The molecule has 0 spiro atoms. The van der Waals surface area contributed by atoms with Gasteiger partial charge in [-0.05, 0) is 70.1 Å². The molecule has 3 aromatic heterocycles. The molecule has 51 heavy (non-hydrogen) atoms. The van der Waals surface area contributed by atoms with Crippen LogP contribution in [0.1, 0.15) is 0 Å². The predicted octanol–water partition coefficient (Wildman–Crippen LogP) is 14.1. The van der Waals surface area contributed by atoms with Crippen molar-refractivity contribution in [2.75, 3.05) is 4.90 Å². The summed E-state index contributed by atoms with van der Waals surface area (Å²) >= 11 is 1.91. The van der Waals surface area contributed by atoms with Crippen molar-refractivity contribution in [1.29, 1.82) is 0 Å². The predicted molar refractivity (Wildman–Crippen MR) is 221 cm³/mol. The first-order valence-corrected chi connectivity index (χ1v) is 18.3. The molecule has 0 aliphatic rings. The van der Waals surface area contributed by atoms with Crippen molar-refractivity contribution in [3.63, 3.8) is 0 Å². The van der Waals surface area contributed by atoms with Crippen LogP contribution in [-0.2, 0) is 0 Å². The molecule has 0 aliphatic carbocycles. The van der Waals surface area contributed by atoms with E-state index in [-0.39, 0.29) is 0 Å². The van der Waals surface area contributed by atoms with Gasteiger partial charge in [-0.3, -0.25) is 0 Å². The number of hydrogen-bond donors (Lipinski definition) is 0. The molecule has 0 atom stereocenters. The number of thiophene rings is 1. The third-order valence-corrected chi connectivity index (χ3v) is 12.3. The van der Waals surface area contributed by atoms with E-state index in [0.29, 0.717) is 0 Å². The highest BCUT2D eigenvalue weighted by Gasteiger charge is 2.24. The SMILES string of the molecule is c1ccc(N(c2cc3c4cccc5c6sc7ccccc7c6cc(c45)n4c5ccccc5c(c2)c34)c2cccc3c2ccc2ccccc23)cc1. The number of hydrogen-bond acceptors (Lipinski definition) is 2. The average molecular weight is 665 g/mol. The quantitative estimate of drug-likeness (QED) is 0.135. The Bertz CT molecular complexity index is 3370. The minimum absolute atomic E-state index is 1.13. The summed E-state index contributed by atoms with van der Waals surface area (Å²) in [5.74, 6) is 0. The Labute approximate surface area is 296 Å². The molecule has 12 rings (SSSR count). The van der Waals surface area contributed by atoms with Crippen LogP contribution in [0.15, 0.2) is 170 Å². The Morgan fingerprint density at radius 2 is 1.08 bits per heavy atom. The molecule has 0 amide bonds. The van der Waals surface area contributed by atoms with Crippen molar-refractivity contribution < 1.29 is 0 Å². The molecule has 0 bridgehead atoms. The number of benzene rings is 9. The number of aromatic nitrogens is 1. The molecule has 0 unspecified atom stereocenters. The maximum Gasteiger partial charge on any atom is 0.0621 e. The maximum atomic E-state index is 2.54. The van der Waals surface area contributed by atoms with Gasteiger partial charge in [-0.1, -0.05) is 121 Å². The van der Waals surface area contributed by atoms with Crippen molar-refractivity contribution >= 4 is 119 Å². The highest BCUT2D eigenvalue weighted by atomic mass is 32.1. The summed E-state index contributed by atoms with van der Waals surface area (Å²) in [5, 5.41) is 15.4. The number of fused-ring (bicyclic) bond motifs is 12. The highest BCUT2D eigenvalue weighted by molar-refractivity contribution is 7.26. The summed E-state index contributed by atoms with van der Waals surface area (Å²) < 4.78 is 5.24. The first-order chi connectivity index (χ1) is 25.3. The zero-order chi connectivity index (χ0) is 33.2. The van der Waals surface area contributed by atoms with Crippen LogP contribution in [0.25, 0.3) is 90.6 Å². The molecule has 12 aromatic rings. The summed E-state index contributed by atoms with van der Waals surface area (Å²) in [4.78, 5) is 2.46. The van der Waals surface area contributed by atoms with Crippen molar-refractivity contribution in [3.8, 4) is 0 Å². The van der Waals surface area contributed by atoms with Crippen LogP contribution in [0, 0.1) is 0 Å². The molecular formula is C48H28N2S. The second-order valence-corrected chi connectivity index (χ2v) is 14.7. The van der Waals surface area contributed by atoms with Crippen LogP contribution in [0.5, 0.6) is 0 Å². The van der Waals surface area contributed by atoms with E-state index in [1.165, 1.54) is 96.3 Å². The smallest absolute Gasteiger partial charge is 0.0621 e. The molecule has 0 aliphatic heterocycles. The van der Waals surface area contributed by atoms with Gasteiger partial charge in [0.15, 0.2) is 0 Å². The molecule has 9 aromatic carbocycles. The molecule has 0 fully saturated rings. The summed E-state index contributed by atoms with van der Waals surface area (Å²) in [5.41, 5.74) is 7.23. The van der Waals surface area contributed by atoms with Gasteiger partial charge < -0.3 is 9.30 Å². The van der Waals surface area contributed by atoms with Crippen LogP contribution in [-0.4, -0.2) is 4.40 Å². The normalized spacial score (nSPS) is 12.3. The van der Waals surface area contributed by atoms with Crippen LogP contribution in [0.4, 0.5) is 17.1 Å². The molecule has 3 heterocycles. The molecule has 0 radical (unpaired) electrons. The van der Waals surface area contributed by atoms with E-state index >= 15 is 0 Å². The zero-order valence-electron chi connectivity index (χ0n) is 27.5. The molecule has 2 nitrogen and oxygen atoms in total. The monoisotopic (exact) mass is 664 g/mol. The molecule has 0 saturated carbocycles. The fourth-order valence-electron chi connectivity index (χ4n) is 8.93. The van der Waals surface area contributed by atoms with Gasteiger partial charge in [-0.2, -0.15) is 0 Å². The first kappa shape index (κ1) is 27.4. The van der Waals surface area contributed by atoms with E-state index in [9.17, 15) is 0 Å². The van der Waals surface area contributed by atoms with E-state index in [1.54, 1.807) is 0 Å². The molecule has 3 heteroatoms. The van der Waals surface area contributed by atoms with Crippen LogP contribution < -0.4 is 4.90 Å². The summed E-state index contributed by atoms with van der Waals surface area (Å²) in [6.07, 6.45) is 0. The fourth-order valence-corrected chi connectivity index (χ4v) is 10.1. The van der Waals surface area contributed by atoms with Crippen molar-refractivity contribution in [3.05, 3.63) is 170 Å². The largest absolute Gasteiger partial charge is 0.310 e. The van der Waals surface area contributed by atoms with E-state index in [1.807, 2.05) is 11.3 Å². The van der Waals surface area contributed by atoms with Gasteiger partial charge >= 0.3 is 0 Å². The summed E-state index contributed by atoms with van der Waals surface area (Å²) in [6.45, 7) is 0. The minimum Gasteiger partial charge on any atom is -0.310 e. The molecule has 0 N–H and O–H groups in total. The van der Waals surface area contributed by atoms with Crippen LogP contribution in [0.3, 0.4) is 0 Å². The lowest BCUT2D eigenvalue weighted by Crippen LogP contribution is -2.10. The Hall–Kier alpha value is -6.42. The summed E-state index contributed by atoms with van der Waals surface area (Å²) in [7, 11) is 0. The van der Waals surface area contributed by atoms with E-state index in [0.717, 1.165) is 11.4 Å². The molecule has 236 valence electrons. The Kier molecular flexibility index (Phi) is 5.41. The number of nitrogens with zero attached hydrogens (tertiary/aromatic N) is 2. The first-order valence-electron chi connectivity index (χ1n) is 17.5. The van der Waals surface area contributed by atoms with Crippen LogP contribution in [0.2, 0.25) is 0 Å². The third kappa shape index (κ3) is 3.65. The lowest BCUT2D eigenvalue weighted by atomic mass is 9.96. The van der Waals surface area contributed by atoms with E-state index in [2.05, 4.69) is 179 Å². The third-order valence-electron chi connectivity index (χ3n) is 11.0. The maximum absolute atomic E-state index is 2.54. The second-order valence-electron chi connectivity index (χ2n) is 13.7. The number of anilines is 3. The van der Waals surface area contributed by atoms with Gasteiger partial charge in [-0.15, -0.1) is 11.3 Å². The Morgan fingerprint density at radius 3 is 1.98 bits per heavy atom. The lowest BCUT2D eigenvalue weighted by molar-refractivity contribution is 1.30. The summed E-state index contributed by atoms with van der Waals surface area (Å²) in [6, 6.07) is 62.9. The highest BCUT2D eigenvalue weighted by Crippen LogP contribution is 2.49. The van der Waals surface area contributed by atoms with Gasteiger partial charge in [0.25, 0.3) is 0 Å². The van der Waals surface area contributed by atoms with Gasteiger partial charge in [-0.25, -0.2) is 0 Å². The lowest BCUT2D eigenvalue weighted by Gasteiger charge is -2.28. The van der Waals surface area contributed by atoms with E-state index in [4.69, 9.17) is 0 Å². The number of pyridine rings is 1. The van der Waals surface area contributed by atoms with Crippen molar-refractivity contribution in [2.24, 2.45) is 0 Å². The van der Waals surface area contributed by atoms with Gasteiger partial charge in [0.05, 0.1) is 22.2 Å². The van der Waals surface area contributed by atoms with Gasteiger partial charge in [0, 0.05) is 63.9 Å². The number of rotatable bonds is 3. The van der Waals surface area contributed by atoms with Crippen molar-refractivity contribution in [2.45, 2.75) is 0 Å². The minimum atomic E-state index is 1.13. The van der Waals surface area contributed by atoms with E-state index < -0.39 is 0 Å². The van der Waals surface area contributed by atoms with Crippen LogP contribution >= 0.6 is 11.3 Å². The Balaban J connectivity index is 1.26. The van der Waals surface area contributed by atoms with Crippen molar-refractivity contribution in [1.82, 2.24) is 4.40 Å². The standard InChI is InChI=1S/C48H28N2S/c1-2-13-30(14-3-1)49(42-22-11-18-33-32-15-5-4-12-29(32)24-25-35(33)42)31-26-39-34-16-6-8-21-43(34)50-44-28-41-36-17-7-9-23-45(36)51-48(41)38-20-10-19-37(46(38)44)40(27-31)47(39)50/h1-28H. The average Bonchev–Trinajstić information content (AvgIpc) is 3.74. The zero-order valence-corrected chi connectivity index (χ0v) is 28.3. The molecule has 0 saturated heterocycles. The second kappa shape index (κ2) is 10.1. The Morgan fingerprint density at radius 1 is 0.392 bits per heavy atom. The van der Waals surface area contributed by atoms with Gasteiger partial charge in [0.1, 0.15) is 0 Å². The topological polar surface area (TPSA) is 7.65 Å². The molecular weight excluding hydrogens is 637 g/mol. The van der Waals surface area contributed by atoms with Gasteiger partial charge in [0.2, 0.25) is 0 Å². The number of para-hydroxylation sites is 2. The fraction of sp³-hybridized carbons (Fsp3) is 0.